The highest BCUT2D eigenvalue weighted by Crippen LogP contribution is 2.40. The Morgan fingerprint density at radius 2 is 1.32 bits per heavy atom. The van der Waals surface area contributed by atoms with Crippen molar-refractivity contribution >= 4 is 76.5 Å². The van der Waals surface area contributed by atoms with E-state index >= 15 is 0 Å². The van der Waals surface area contributed by atoms with Gasteiger partial charge in [0.15, 0.2) is 12.4 Å². The van der Waals surface area contributed by atoms with Crippen LogP contribution in [0.4, 0.5) is 5.69 Å². The number of ketones is 1. The summed E-state index contributed by atoms with van der Waals surface area (Å²) in [5.41, 5.74) is -0.452. The van der Waals surface area contributed by atoms with E-state index in [2.05, 4.69) is 0 Å². The van der Waals surface area contributed by atoms with Gasteiger partial charge >= 0.3 is 23.9 Å². The Kier molecular flexibility index (Phi) is 22.9. The van der Waals surface area contributed by atoms with Gasteiger partial charge in [-0.1, -0.05) is 74.5 Å². The Morgan fingerprint density at radius 3 is 1.80 bits per heavy atom. The zero-order chi connectivity index (χ0) is 44.8. The van der Waals surface area contributed by atoms with E-state index < -0.39 is 48.2 Å². The Labute approximate surface area is 350 Å². The molecular formula is C40H48Cl2NO15P. The van der Waals surface area contributed by atoms with Gasteiger partial charge in [0.05, 0.1) is 11.0 Å². The third-order valence-electron chi connectivity index (χ3n) is 8.35. The van der Waals surface area contributed by atoms with Crippen molar-refractivity contribution in [2.45, 2.75) is 78.1 Å². The average molecular weight is 885 g/mol. The van der Waals surface area contributed by atoms with Crippen LogP contribution in [0.5, 0.6) is 5.75 Å². The number of ether oxygens (including phenoxy) is 1. The molecule has 0 aromatic heterocycles. The van der Waals surface area contributed by atoms with Gasteiger partial charge in [-0.15, -0.1) is 0 Å². The van der Waals surface area contributed by atoms with E-state index in [-0.39, 0.29) is 54.2 Å². The summed E-state index contributed by atoms with van der Waals surface area (Å²) in [7, 11) is -3.62. The second-order valence-corrected chi connectivity index (χ2v) is 16.5. The van der Waals surface area contributed by atoms with E-state index in [0.717, 1.165) is 32.1 Å². The Morgan fingerprint density at radius 1 is 0.797 bits per heavy atom. The molecule has 0 spiro atoms. The molecule has 6 N–H and O–H groups in total. The molecule has 16 nitrogen and oxygen atoms in total. The minimum absolute atomic E-state index is 0.000764. The molecule has 322 valence electrons. The number of hydrogen-bond acceptors (Lipinski definition) is 10. The van der Waals surface area contributed by atoms with Gasteiger partial charge in [-0.2, -0.15) is 0 Å². The summed E-state index contributed by atoms with van der Waals surface area (Å²) in [5.74, 6) is -4.06. The van der Waals surface area contributed by atoms with Crippen molar-refractivity contribution < 1.29 is 68.6 Å². The molecule has 0 aliphatic heterocycles. The first-order chi connectivity index (χ1) is 27.6. The smallest absolute Gasteiger partial charge is 0.341 e. The number of carbonyl (C=O) groups excluding carboxylic acids is 1. The van der Waals surface area contributed by atoms with Crippen LogP contribution >= 0.6 is 30.6 Å². The second kappa shape index (κ2) is 26.1. The van der Waals surface area contributed by atoms with Crippen molar-refractivity contribution in [3.63, 3.8) is 0 Å². The third-order valence-corrected chi connectivity index (χ3v) is 10.8. The maximum Gasteiger partial charge on any atom is 0.341 e. The summed E-state index contributed by atoms with van der Waals surface area (Å²) in [6.45, 7) is 3.27. The summed E-state index contributed by atoms with van der Waals surface area (Å²) in [5, 5.41) is 54.5. The molecule has 0 saturated heterocycles. The molecule has 0 amide bonds. The van der Waals surface area contributed by atoms with Crippen LogP contribution in [-0.2, 0) is 28.5 Å². The zero-order valence-corrected chi connectivity index (χ0v) is 34.8. The molecule has 0 unspecified atom stereocenters. The molecule has 1 aliphatic rings. The van der Waals surface area contributed by atoms with Crippen LogP contribution in [-0.4, -0.2) is 78.2 Å². The van der Waals surface area contributed by atoms with Crippen molar-refractivity contribution in [3.05, 3.63) is 104 Å². The Bertz CT molecular complexity index is 1950. The predicted molar refractivity (Wildman–Crippen MR) is 220 cm³/mol. The number of non-ortho nitro benzene ring substituents is 1. The third kappa shape index (κ3) is 19.9. The van der Waals surface area contributed by atoms with Crippen LogP contribution < -0.4 is 15.3 Å². The minimum Gasteiger partial charge on any atom is -0.482 e. The first-order valence-corrected chi connectivity index (χ1v) is 20.5. The number of carboxylic acids is 4. The molecule has 0 fully saturated rings. The molecule has 0 saturated carbocycles. The normalized spacial score (nSPS) is 12.9. The fourth-order valence-corrected chi connectivity index (χ4v) is 7.43. The van der Waals surface area contributed by atoms with Gasteiger partial charge in [-0.25, -0.2) is 9.59 Å². The lowest BCUT2D eigenvalue weighted by atomic mass is 9.71. The number of nitrogens with zero attached hydrogens (tertiary/aromatic N) is 1. The second-order valence-electron chi connectivity index (χ2n) is 13.5. The van der Waals surface area contributed by atoms with E-state index in [1.54, 1.807) is 50.2 Å². The molecule has 0 bridgehead atoms. The number of nitro benzene ring substituents is 1. The first-order valence-electron chi connectivity index (χ1n) is 18.1. The number of Topliss-reactive ketones (excluding diaryl/α,β-unsaturated/α-hetero) is 1. The molecule has 59 heavy (non-hydrogen) atoms. The number of nitro groups is 1. The van der Waals surface area contributed by atoms with Crippen molar-refractivity contribution in [1.82, 2.24) is 0 Å². The summed E-state index contributed by atoms with van der Waals surface area (Å²) in [6, 6.07) is 18.1. The molecule has 3 aromatic rings. The van der Waals surface area contributed by atoms with Crippen LogP contribution in [0.3, 0.4) is 0 Å². The first kappa shape index (κ1) is 51.9. The van der Waals surface area contributed by atoms with Gasteiger partial charge in [0, 0.05) is 63.7 Å². The van der Waals surface area contributed by atoms with Crippen LogP contribution in [0.1, 0.15) is 78.1 Å². The Hall–Kier alpha value is -5.12. The van der Waals surface area contributed by atoms with E-state index in [9.17, 15) is 43.5 Å². The molecule has 0 atom stereocenters. The number of allylic oxidation sites excluding steroid dienone is 1. The zero-order valence-electron chi connectivity index (χ0n) is 32.4. The highest BCUT2D eigenvalue weighted by atomic mass is 35.5. The van der Waals surface area contributed by atoms with Gasteiger partial charge < -0.3 is 35.2 Å². The number of carboxylic acid groups (broad SMARTS) is 4. The van der Waals surface area contributed by atoms with Gasteiger partial charge in [0.1, 0.15) is 5.75 Å². The topological polar surface area (TPSA) is 276 Å². The van der Waals surface area contributed by atoms with Gasteiger partial charge in [-0.05, 0) is 73.6 Å². The van der Waals surface area contributed by atoms with Crippen molar-refractivity contribution in [2.75, 3.05) is 13.2 Å². The van der Waals surface area contributed by atoms with Crippen LogP contribution in [0.25, 0.3) is 0 Å². The van der Waals surface area contributed by atoms with Crippen LogP contribution in [0.15, 0.2) is 83.9 Å². The molecule has 4 rings (SSSR count). The molecule has 0 radical (unpaired) electrons. The number of rotatable bonds is 17. The largest absolute Gasteiger partial charge is 0.482 e. The lowest BCUT2D eigenvalue weighted by Gasteiger charge is -2.31. The number of aliphatic hydroxyl groups is 1. The number of unbranched alkanes of at least 4 members (excludes halogenated alkanes) is 4. The van der Waals surface area contributed by atoms with Crippen LogP contribution in [0, 0.1) is 15.5 Å². The fraction of sp³-hybridized carbons (Fsp3) is 0.375. The number of benzene rings is 3. The van der Waals surface area contributed by atoms with Crippen molar-refractivity contribution in [1.29, 1.82) is 0 Å². The standard InChI is InChI=1S/C12H9Cl2O2P.C12H16O5.C8H7NO5.C8H16O3/c13-9-3-1-5-11(7-9)17(15,16)12-6-2-4-10(14)8-12;1-12(2)6-5-8(13)7(3-4-9(14)15)10(12)11(16)17;10-8(11)5-14-7-3-1-2-6(4-7)9(12)13;9-7-5-3-1-2-4-6-8(10)11/h1-8H,(H,15,16);3-6H2,1-2H3,(H,14,15)(H,16,17);1-4H,5H2,(H,10,11);9H,1-7H2,(H,10,11). The SMILES string of the molecule is CC1(C)CCC(=O)C(CCC(=O)O)=C1C(=O)O.O=C(O)CCCCCCCO.O=C(O)COc1cccc([N+](=O)[O-])c1.O=P(O)(c1cccc(Cl)c1)c1cccc(Cl)c1. The quantitative estimate of drug-likeness (QED) is 0.0336. The van der Waals surface area contributed by atoms with Gasteiger partial charge in [0.25, 0.3) is 13.1 Å². The van der Waals surface area contributed by atoms with Crippen molar-refractivity contribution in [2.24, 2.45) is 5.41 Å². The number of hydrogen-bond donors (Lipinski definition) is 6. The van der Waals surface area contributed by atoms with Crippen molar-refractivity contribution in [3.8, 4) is 5.75 Å². The highest BCUT2D eigenvalue weighted by molar-refractivity contribution is 7.73. The summed E-state index contributed by atoms with van der Waals surface area (Å²) in [4.78, 5) is 73.5. The number of carbonyl (C=O) groups is 5. The number of aliphatic carboxylic acids is 4. The Balaban J connectivity index is 0.000000399. The van der Waals surface area contributed by atoms with Gasteiger partial charge in [0.2, 0.25) is 0 Å². The van der Waals surface area contributed by atoms with E-state index in [4.69, 9.17) is 53.5 Å². The van der Waals surface area contributed by atoms with Gasteiger partial charge in [-0.3, -0.25) is 29.1 Å². The minimum atomic E-state index is -3.62. The lowest BCUT2D eigenvalue weighted by Crippen LogP contribution is -2.30. The van der Waals surface area contributed by atoms with Crippen LogP contribution in [0.2, 0.25) is 10.0 Å². The average Bonchev–Trinajstić information content (AvgIpc) is 3.16. The maximum atomic E-state index is 12.4. The highest BCUT2D eigenvalue weighted by Gasteiger charge is 2.38. The molecular weight excluding hydrogens is 836 g/mol. The van der Waals surface area contributed by atoms with E-state index in [1.807, 2.05) is 0 Å². The lowest BCUT2D eigenvalue weighted by molar-refractivity contribution is -0.384. The molecule has 1 aliphatic carbocycles. The molecule has 19 heteroatoms. The molecule has 3 aromatic carbocycles. The monoisotopic (exact) mass is 883 g/mol. The van der Waals surface area contributed by atoms with E-state index in [1.165, 1.54) is 36.4 Å². The summed E-state index contributed by atoms with van der Waals surface area (Å²) >= 11 is 11.6. The summed E-state index contributed by atoms with van der Waals surface area (Å²) < 4.78 is 17.1. The van der Waals surface area contributed by atoms with E-state index in [0.29, 0.717) is 33.5 Å². The number of halogens is 2. The summed E-state index contributed by atoms with van der Waals surface area (Å²) in [6.07, 6.45) is 5.46. The predicted octanol–water partition coefficient (Wildman–Crippen LogP) is 7.30. The number of aliphatic hydroxyl groups excluding tert-OH is 1. The molecule has 0 heterocycles. The maximum absolute atomic E-state index is 12.4. The fourth-order valence-electron chi connectivity index (χ4n) is 5.39.